The van der Waals surface area contributed by atoms with Crippen molar-refractivity contribution < 1.29 is 79.4 Å². The maximum Gasteiger partial charge on any atom is 0.460 e. The van der Waals surface area contributed by atoms with Gasteiger partial charge in [0.15, 0.2) is 0 Å². The second kappa shape index (κ2) is 7.57. The van der Waals surface area contributed by atoms with Crippen LogP contribution in [-0.2, 0) is 4.74 Å². The van der Waals surface area contributed by atoms with Crippen molar-refractivity contribution in [2.75, 3.05) is 4.43 Å². The summed E-state index contributed by atoms with van der Waals surface area (Å²) in [6.45, 7) is 0. The first kappa shape index (κ1) is 28.5. The molecule has 0 aromatic carbocycles. The molecular weight excluding hydrogens is 586 g/mol. The number of rotatable bonds is 8. The maximum atomic E-state index is 13.5. The molecule has 0 saturated heterocycles. The number of halogens is 18. The van der Waals surface area contributed by atoms with Crippen molar-refractivity contribution in [3.05, 3.63) is 0 Å². The highest BCUT2D eigenvalue weighted by atomic mass is 127. The molecule has 0 bridgehead atoms. The monoisotopic (exact) mass is 590 g/mol. The van der Waals surface area contributed by atoms with Crippen LogP contribution >= 0.6 is 22.6 Å². The van der Waals surface area contributed by atoms with E-state index in [0.717, 1.165) is 22.6 Å². The van der Waals surface area contributed by atoms with Crippen molar-refractivity contribution in [3.63, 3.8) is 0 Å². The van der Waals surface area contributed by atoms with Gasteiger partial charge >= 0.3 is 48.0 Å². The predicted octanol–water partition coefficient (Wildman–Crippen LogP) is 6.75. The summed E-state index contributed by atoms with van der Waals surface area (Å²) in [7, 11) is 0. The smallest absolute Gasteiger partial charge is 0.269 e. The number of hydrogen-bond donors (Lipinski definition) is 0. The fourth-order valence-electron chi connectivity index (χ4n) is 1.39. The van der Waals surface area contributed by atoms with E-state index >= 15 is 0 Å². The van der Waals surface area contributed by atoms with Crippen LogP contribution in [0.5, 0.6) is 0 Å². The predicted molar refractivity (Wildman–Crippen MR) is 65.3 cm³/mol. The van der Waals surface area contributed by atoms with Crippen molar-refractivity contribution in [2.24, 2.45) is 0 Å². The van der Waals surface area contributed by atoms with Gasteiger partial charge in [-0.05, 0) is 0 Å². The molecule has 19 heteroatoms. The minimum absolute atomic E-state index is 0.829. The number of ether oxygens (including phenoxy) is 1. The zero-order valence-corrected chi connectivity index (χ0v) is 14.8. The Labute approximate surface area is 161 Å². The van der Waals surface area contributed by atoms with E-state index in [1.54, 1.807) is 0 Å². The van der Waals surface area contributed by atoms with E-state index in [2.05, 4.69) is 0 Å². The first-order valence-electron chi connectivity index (χ1n) is 6.24. The molecule has 0 aliphatic rings. The average molecular weight is 590 g/mol. The zero-order valence-electron chi connectivity index (χ0n) is 12.6. The topological polar surface area (TPSA) is 9.23 Å². The zero-order chi connectivity index (χ0) is 24.1. The molecule has 1 atom stereocenters. The lowest BCUT2D eigenvalue weighted by Gasteiger charge is -2.41. The van der Waals surface area contributed by atoms with Crippen LogP contribution in [0.15, 0.2) is 0 Å². The van der Waals surface area contributed by atoms with Crippen LogP contribution in [-0.4, -0.2) is 52.4 Å². The Morgan fingerprint density at radius 2 is 0.828 bits per heavy atom. The van der Waals surface area contributed by atoms with Gasteiger partial charge in [0.2, 0.25) is 0 Å². The highest BCUT2D eigenvalue weighted by Gasteiger charge is 2.92. The molecule has 29 heavy (non-hydrogen) atoms. The Balaban J connectivity index is 6.44. The first-order valence-corrected chi connectivity index (χ1v) is 7.77. The van der Waals surface area contributed by atoms with Crippen LogP contribution in [0.1, 0.15) is 6.42 Å². The second-order valence-electron chi connectivity index (χ2n) is 5.08. The lowest BCUT2D eigenvalue weighted by Crippen LogP contribution is -2.71. The third kappa shape index (κ3) is 4.43. The highest BCUT2D eigenvalue weighted by Crippen LogP contribution is 2.61. The third-order valence-electron chi connectivity index (χ3n) is 3.03. The summed E-state index contributed by atoms with van der Waals surface area (Å²) >= 11 is 0.829. The molecule has 0 fully saturated rings. The van der Waals surface area contributed by atoms with E-state index < -0.39 is 58.9 Å². The van der Waals surface area contributed by atoms with Gasteiger partial charge in [0.05, 0.1) is 0 Å². The Hall–Kier alpha value is -0.500. The first-order chi connectivity index (χ1) is 12.3. The van der Waals surface area contributed by atoms with Crippen molar-refractivity contribution in [1.29, 1.82) is 0 Å². The molecule has 1 unspecified atom stereocenters. The van der Waals surface area contributed by atoms with Gasteiger partial charge in [0, 0.05) is 10.8 Å². The van der Waals surface area contributed by atoms with E-state index in [-0.39, 0.29) is 0 Å². The summed E-state index contributed by atoms with van der Waals surface area (Å²) in [4.78, 5) is 0. The minimum atomic E-state index is -8.39. The van der Waals surface area contributed by atoms with Gasteiger partial charge in [-0.15, -0.1) is 0 Å². The van der Waals surface area contributed by atoms with E-state index in [9.17, 15) is 74.6 Å². The van der Waals surface area contributed by atoms with Crippen molar-refractivity contribution in [1.82, 2.24) is 0 Å². The van der Waals surface area contributed by atoms with Crippen LogP contribution in [0.2, 0.25) is 0 Å². The fourth-order valence-corrected chi connectivity index (χ4v) is 2.09. The van der Waals surface area contributed by atoms with Crippen LogP contribution in [0, 0.1) is 0 Å². The molecule has 0 aliphatic heterocycles. The Kier molecular flexibility index (Phi) is 7.44. The number of hydrogen-bond acceptors (Lipinski definition) is 1. The SMILES string of the molecule is FC(F)(F)C(F)(CCI)OC(F)(F)C(F)(F)C(F)(F)C(F)(F)C(F)(F)C(F)(F)F. The molecule has 176 valence electrons. The Morgan fingerprint density at radius 1 is 0.483 bits per heavy atom. The van der Waals surface area contributed by atoms with E-state index in [1.807, 2.05) is 4.74 Å². The lowest BCUT2D eigenvalue weighted by atomic mass is 9.97. The average Bonchev–Trinajstić information content (AvgIpc) is 2.43. The summed E-state index contributed by atoms with van der Waals surface area (Å²) in [6.07, 6.45) is -24.3. The summed E-state index contributed by atoms with van der Waals surface area (Å²) in [6, 6.07) is 0. The van der Waals surface area contributed by atoms with Crippen LogP contribution in [0.3, 0.4) is 0 Å². The van der Waals surface area contributed by atoms with Gasteiger partial charge in [-0.25, -0.2) is 4.39 Å². The molecule has 0 aromatic rings. The van der Waals surface area contributed by atoms with Gasteiger partial charge in [-0.1, -0.05) is 22.6 Å². The molecule has 0 rings (SSSR count). The molecule has 0 aliphatic carbocycles. The molecule has 0 saturated carbocycles. The van der Waals surface area contributed by atoms with Gasteiger partial charge in [-0.3, -0.25) is 4.74 Å². The second-order valence-corrected chi connectivity index (χ2v) is 6.16. The summed E-state index contributed by atoms with van der Waals surface area (Å²) in [5.74, 6) is -38.9. The molecule has 0 amide bonds. The molecule has 0 N–H and O–H groups in total. The summed E-state index contributed by atoms with van der Waals surface area (Å²) in [5.41, 5.74) is 0. The van der Waals surface area contributed by atoms with E-state index in [1.165, 1.54) is 0 Å². The summed E-state index contributed by atoms with van der Waals surface area (Å²) < 4.78 is 217. The van der Waals surface area contributed by atoms with E-state index in [0.29, 0.717) is 0 Å². The van der Waals surface area contributed by atoms with Gasteiger partial charge < -0.3 is 0 Å². The Bertz CT molecular complexity index is 578. The van der Waals surface area contributed by atoms with Crippen LogP contribution < -0.4 is 0 Å². The standard InChI is InChI=1S/C10H4F17IO/c11-3(1-2-28,8(20,21)22)29-10(26,27)7(18,19)5(14,15)4(12,13)6(16,17)9(23,24)25/h1-2H2. The molecule has 0 spiro atoms. The molecule has 1 nitrogen and oxygen atoms in total. The largest absolute Gasteiger partial charge is 0.460 e. The molecular formula is C10H4F17IO. The number of alkyl halides is 18. The maximum absolute atomic E-state index is 13.5. The van der Waals surface area contributed by atoms with E-state index in [4.69, 9.17) is 0 Å². The third-order valence-corrected chi connectivity index (χ3v) is 3.57. The summed E-state index contributed by atoms with van der Waals surface area (Å²) in [5, 5.41) is 0. The Morgan fingerprint density at radius 3 is 1.10 bits per heavy atom. The highest BCUT2D eigenvalue weighted by molar-refractivity contribution is 14.1. The van der Waals surface area contributed by atoms with Gasteiger partial charge in [0.25, 0.3) is 0 Å². The van der Waals surface area contributed by atoms with Crippen molar-refractivity contribution in [2.45, 2.75) is 54.4 Å². The molecule has 0 aromatic heterocycles. The molecule has 0 heterocycles. The van der Waals surface area contributed by atoms with Crippen LogP contribution in [0.25, 0.3) is 0 Å². The normalized spacial score (nSPS) is 18.0. The van der Waals surface area contributed by atoms with Gasteiger partial charge in [0.1, 0.15) is 0 Å². The van der Waals surface area contributed by atoms with Gasteiger partial charge in [-0.2, -0.15) is 70.2 Å². The fraction of sp³-hybridized carbons (Fsp3) is 1.00. The van der Waals surface area contributed by atoms with Crippen molar-refractivity contribution in [3.8, 4) is 0 Å². The van der Waals surface area contributed by atoms with Crippen LogP contribution in [0.4, 0.5) is 74.6 Å². The minimum Gasteiger partial charge on any atom is -0.269 e. The lowest BCUT2D eigenvalue weighted by molar-refractivity contribution is -0.498. The van der Waals surface area contributed by atoms with Crippen molar-refractivity contribution >= 4 is 22.6 Å². The molecule has 0 radical (unpaired) electrons. The quantitative estimate of drug-likeness (QED) is 0.173.